The molecule has 4 nitrogen and oxygen atoms in total. The summed E-state index contributed by atoms with van der Waals surface area (Å²) in [6.07, 6.45) is 1.66. The molecule has 1 aromatic heterocycles. The Morgan fingerprint density at radius 2 is 2.28 bits per heavy atom. The quantitative estimate of drug-likeness (QED) is 0.893. The van der Waals surface area contributed by atoms with E-state index >= 15 is 0 Å². The van der Waals surface area contributed by atoms with Crippen molar-refractivity contribution in [3.05, 3.63) is 46.5 Å². The summed E-state index contributed by atoms with van der Waals surface area (Å²) >= 11 is 1.24. The molecule has 0 saturated carbocycles. The molecule has 1 heterocycles. The van der Waals surface area contributed by atoms with Gasteiger partial charge >= 0.3 is 0 Å². The highest BCUT2D eigenvalue weighted by atomic mass is 35.5. The van der Waals surface area contributed by atoms with Crippen LogP contribution in [0.2, 0.25) is 0 Å². The number of halogens is 2. The summed E-state index contributed by atoms with van der Waals surface area (Å²) in [6, 6.07) is 5.70. The molecule has 7 heteroatoms. The Bertz CT molecular complexity index is 596. The number of carbonyl (C=O) groups is 1. The van der Waals surface area contributed by atoms with E-state index < -0.39 is 5.82 Å². The molecule has 2 N–H and O–H groups in total. The molecule has 0 bridgehead atoms. The summed E-state index contributed by atoms with van der Waals surface area (Å²) in [4.78, 5) is 11.9. The van der Waals surface area contributed by atoms with Crippen molar-refractivity contribution in [3.63, 3.8) is 0 Å². The molecule has 0 radical (unpaired) electrons. The second-order valence-corrected chi connectivity index (χ2v) is 4.29. The molecule has 18 heavy (non-hydrogen) atoms. The molecule has 0 aliphatic heterocycles. The van der Waals surface area contributed by atoms with Gasteiger partial charge in [-0.2, -0.15) is 0 Å². The van der Waals surface area contributed by atoms with Gasteiger partial charge in [-0.1, -0.05) is 6.07 Å². The molecule has 0 fully saturated rings. The first-order valence-electron chi connectivity index (χ1n) is 4.89. The van der Waals surface area contributed by atoms with Gasteiger partial charge in [-0.25, -0.2) is 4.39 Å². The van der Waals surface area contributed by atoms with Crippen LogP contribution in [-0.4, -0.2) is 10.5 Å². The number of aromatic nitrogens is 1. The minimum Gasteiger partial charge on any atom is -0.324 e. The van der Waals surface area contributed by atoms with Crippen LogP contribution in [0.25, 0.3) is 0 Å². The monoisotopic (exact) mass is 287 g/mol. The fraction of sp³-hybridized carbons (Fsp3) is 0.0909. The van der Waals surface area contributed by atoms with Crippen LogP contribution in [0, 0.1) is 11.2 Å². The number of hydrogen-bond acceptors (Lipinski definition) is 3. The average Bonchev–Trinajstić information content (AvgIpc) is 2.64. The SMILES string of the molecule is Cl.N=c1sccn1CC(=O)Nc1cccc(F)c1. The smallest absolute Gasteiger partial charge is 0.244 e. The van der Waals surface area contributed by atoms with E-state index in [4.69, 9.17) is 5.41 Å². The van der Waals surface area contributed by atoms with Crippen molar-refractivity contribution in [2.75, 3.05) is 5.32 Å². The standard InChI is InChI=1S/C11H10FN3OS.ClH/c12-8-2-1-3-9(6-8)14-10(16)7-15-4-5-17-11(15)13;/h1-6,13H,7H2,(H,14,16);1H. The van der Waals surface area contributed by atoms with Gasteiger partial charge in [-0.15, -0.1) is 23.7 Å². The molecule has 0 aliphatic rings. The highest BCUT2D eigenvalue weighted by Gasteiger charge is 2.04. The van der Waals surface area contributed by atoms with Crippen molar-refractivity contribution in [1.82, 2.24) is 4.57 Å². The number of amides is 1. The lowest BCUT2D eigenvalue weighted by atomic mass is 10.3. The Morgan fingerprint density at radius 3 is 2.89 bits per heavy atom. The molecule has 1 aromatic carbocycles. The lowest BCUT2D eigenvalue weighted by Crippen LogP contribution is -2.23. The third-order valence-electron chi connectivity index (χ3n) is 2.10. The van der Waals surface area contributed by atoms with Gasteiger partial charge < -0.3 is 9.88 Å². The normalized spacial score (nSPS) is 9.61. The van der Waals surface area contributed by atoms with Gasteiger partial charge in [0.25, 0.3) is 0 Å². The second-order valence-electron chi connectivity index (χ2n) is 3.39. The van der Waals surface area contributed by atoms with Crippen molar-refractivity contribution >= 4 is 35.3 Å². The Morgan fingerprint density at radius 1 is 1.50 bits per heavy atom. The van der Waals surface area contributed by atoms with Crippen molar-refractivity contribution in [2.45, 2.75) is 6.54 Å². The molecule has 2 rings (SSSR count). The van der Waals surface area contributed by atoms with Gasteiger partial charge in [0.2, 0.25) is 5.91 Å². The van der Waals surface area contributed by atoms with Crippen LogP contribution in [-0.2, 0) is 11.3 Å². The summed E-state index contributed by atoms with van der Waals surface area (Å²) in [6.45, 7) is 0.0544. The Kier molecular flexibility index (Phi) is 5.06. The summed E-state index contributed by atoms with van der Waals surface area (Å²) in [5, 5.41) is 11.8. The van der Waals surface area contributed by atoms with Crippen LogP contribution in [0.15, 0.2) is 35.8 Å². The van der Waals surface area contributed by atoms with E-state index in [1.807, 2.05) is 0 Å². The maximum Gasteiger partial charge on any atom is 0.244 e. The number of nitrogens with zero attached hydrogens (tertiary/aromatic N) is 1. The average molecular weight is 288 g/mol. The van der Waals surface area contributed by atoms with Crippen LogP contribution in [0.5, 0.6) is 0 Å². The van der Waals surface area contributed by atoms with Gasteiger partial charge in [-0.3, -0.25) is 10.2 Å². The van der Waals surface area contributed by atoms with Crippen molar-refractivity contribution in [2.24, 2.45) is 0 Å². The van der Waals surface area contributed by atoms with Gasteiger partial charge in [0.15, 0.2) is 4.80 Å². The Hall–Kier alpha value is -1.66. The molecule has 0 saturated heterocycles. The molecule has 96 valence electrons. The van der Waals surface area contributed by atoms with E-state index in [2.05, 4.69) is 5.32 Å². The fourth-order valence-electron chi connectivity index (χ4n) is 1.35. The summed E-state index contributed by atoms with van der Waals surface area (Å²) in [7, 11) is 0. The molecule has 2 aromatic rings. The largest absolute Gasteiger partial charge is 0.324 e. The number of hydrogen-bond donors (Lipinski definition) is 2. The molecule has 1 amide bonds. The zero-order valence-electron chi connectivity index (χ0n) is 9.22. The molecule has 0 spiro atoms. The summed E-state index contributed by atoms with van der Waals surface area (Å²) < 4.78 is 14.4. The first-order valence-corrected chi connectivity index (χ1v) is 5.77. The predicted molar refractivity (Wildman–Crippen MR) is 70.4 cm³/mol. The van der Waals surface area contributed by atoms with Gasteiger partial charge in [0.1, 0.15) is 12.4 Å². The summed E-state index contributed by atoms with van der Waals surface area (Å²) in [5.41, 5.74) is 0.414. The van der Waals surface area contributed by atoms with Crippen LogP contribution >= 0.6 is 23.7 Å². The maximum atomic E-state index is 12.9. The minimum absolute atomic E-state index is 0. The topological polar surface area (TPSA) is 57.9 Å². The second kappa shape index (κ2) is 6.32. The molecular weight excluding hydrogens is 277 g/mol. The van der Waals surface area contributed by atoms with Crippen LogP contribution in [0.4, 0.5) is 10.1 Å². The van der Waals surface area contributed by atoms with Crippen molar-refractivity contribution in [1.29, 1.82) is 5.41 Å². The summed E-state index contributed by atoms with van der Waals surface area (Å²) in [5.74, 6) is -0.681. The fourth-order valence-corrected chi connectivity index (χ4v) is 1.95. The van der Waals surface area contributed by atoms with E-state index in [1.54, 1.807) is 17.6 Å². The van der Waals surface area contributed by atoms with E-state index in [0.717, 1.165) is 0 Å². The van der Waals surface area contributed by atoms with E-state index in [0.29, 0.717) is 10.5 Å². The maximum absolute atomic E-state index is 12.9. The number of nitrogens with one attached hydrogen (secondary N) is 2. The highest BCUT2D eigenvalue weighted by Crippen LogP contribution is 2.08. The van der Waals surface area contributed by atoms with Gasteiger partial charge in [0.05, 0.1) is 0 Å². The van der Waals surface area contributed by atoms with Crippen molar-refractivity contribution in [3.8, 4) is 0 Å². The van der Waals surface area contributed by atoms with Gasteiger partial charge in [0, 0.05) is 17.3 Å². The Labute approximate surface area is 113 Å². The third kappa shape index (κ3) is 3.68. The lowest BCUT2D eigenvalue weighted by molar-refractivity contribution is -0.116. The number of rotatable bonds is 3. The van der Waals surface area contributed by atoms with Crippen molar-refractivity contribution < 1.29 is 9.18 Å². The number of carbonyl (C=O) groups excluding carboxylic acids is 1. The molecule has 0 unspecified atom stereocenters. The first kappa shape index (κ1) is 14.4. The highest BCUT2D eigenvalue weighted by molar-refractivity contribution is 7.06. The minimum atomic E-state index is -0.396. The third-order valence-corrected chi connectivity index (χ3v) is 2.82. The zero-order chi connectivity index (χ0) is 12.3. The molecule has 0 aliphatic carbocycles. The van der Waals surface area contributed by atoms with E-state index in [-0.39, 0.29) is 24.9 Å². The first-order chi connectivity index (χ1) is 8.15. The van der Waals surface area contributed by atoms with E-state index in [9.17, 15) is 9.18 Å². The molecule has 0 atom stereocenters. The van der Waals surface area contributed by atoms with Crippen LogP contribution in [0.1, 0.15) is 0 Å². The predicted octanol–water partition coefficient (Wildman–Crippen LogP) is 2.23. The lowest BCUT2D eigenvalue weighted by Gasteiger charge is -2.05. The van der Waals surface area contributed by atoms with Crippen LogP contribution < -0.4 is 10.1 Å². The number of benzene rings is 1. The van der Waals surface area contributed by atoms with Crippen LogP contribution in [0.3, 0.4) is 0 Å². The number of anilines is 1. The van der Waals surface area contributed by atoms with Gasteiger partial charge in [-0.05, 0) is 18.2 Å². The zero-order valence-corrected chi connectivity index (χ0v) is 10.9. The van der Waals surface area contributed by atoms with E-state index in [1.165, 1.54) is 34.1 Å². The molecular formula is C11H11ClFN3OS. The Balaban J connectivity index is 0.00000162. The number of thiazole rings is 1.